The summed E-state index contributed by atoms with van der Waals surface area (Å²) in [5, 5.41) is 7.77. The molecule has 0 aliphatic carbocycles. The first-order valence-corrected chi connectivity index (χ1v) is 6.95. The molecule has 0 atom stereocenters. The first-order chi connectivity index (χ1) is 9.78. The SMILES string of the molecule is CCc1cc(NCCc2cccn2C)n2nccc2n1. The van der Waals surface area contributed by atoms with E-state index in [1.165, 1.54) is 5.69 Å². The maximum atomic E-state index is 4.54. The summed E-state index contributed by atoms with van der Waals surface area (Å²) in [5.41, 5.74) is 3.30. The molecule has 3 rings (SSSR count). The first kappa shape index (κ1) is 12.7. The van der Waals surface area contributed by atoms with E-state index < -0.39 is 0 Å². The number of aromatic nitrogens is 4. The zero-order valence-corrected chi connectivity index (χ0v) is 11.9. The summed E-state index contributed by atoms with van der Waals surface area (Å²) < 4.78 is 4.00. The normalized spacial score (nSPS) is 11.1. The maximum absolute atomic E-state index is 4.54. The topological polar surface area (TPSA) is 47.2 Å². The summed E-state index contributed by atoms with van der Waals surface area (Å²) in [7, 11) is 2.07. The zero-order chi connectivity index (χ0) is 13.9. The third kappa shape index (κ3) is 2.39. The number of hydrogen-bond donors (Lipinski definition) is 1. The molecule has 0 saturated heterocycles. The van der Waals surface area contributed by atoms with Gasteiger partial charge < -0.3 is 9.88 Å². The molecule has 3 aromatic rings. The van der Waals surface area contributed by atoms with Crippen molar-refractivity contribution in [2.24, 2.45) is 7.05 Å². The van der Waals surface area contributed by atoms with E-state index in [9.17, 15) is 0 Å². The van der Waals surface area contributed by atoms with E-state index in [0.717, 1.165) is 36.5 Å². The molecular weight excluding hydrogens is 250 g/mol. The van der Waals surface area contributed by atoms with Crippen LogP contribution in [0.2, 0.25) is 0 Å². The number of nitrogens with one attached hydrogen (secondary N) is 1. The molecule has 0 fully saturated rings. The summed E-state index contributed by atoms with van der Waals surface area (Å²) in [6.07, 6.45) is 5.76. The lowest BCUT2D eigenvalue weighted by molar-refractivity contribution is 0.812. The van der Waals surface area contributed by atoms with Crippen LogP contribution in [0.1, 0.15) is 18.3 Å². The van der Waals surface area contributed by atoms with Crippen LogP contribution in [0.3, 0.4) is 0 Å². The van der Waals surface area contributed by atoms with E-state index in [2.05, 4.69) is 58.3 Å². The van der Waals surface area contributed by atoms with Gasteiger partial charge in [-0.05, 0) is 18.6 Å². The first-order valence-electron chi connectivity index (χ1n) is 6.95. The van der Waals surface area contributed by atoms with Gasteiger partial charge in [0.1, 0.15) is 5.82 Å². The van der Waals surface area contributed by atoms with Crippen LogP contribution in [0.4, 0.5) is 5.82 Å². The minimum Gasteiger partial charge on any atom is -0.370 e. The summed E-state index contributed by atoms with van der Waals surface area (Å²) in [6, 6.07) is 8.23. The van der Waals surface area contributed by atoms with Crippen LogP contribution in [-0.2, 0) is 19.9 Å². The Kier molecular flexibility index (Phi) is 3.41. The van der Waals surface area contributed by atoms with Gasteiger partial charge in [-0.1, -0.05) is 6.92 Å². The average molecular weight is 269 g/mol. The molecule has 3 aromatic heterocycles. The van der Waals surface area contributed by atoms with Crippen LogP contribution in [0.5, 0.6) is 0 Å². The van der Waals surface area contributed by atoms with Crippen molar-refractivity contribution in [3.8, 4) is 0 Å². The second kappa shape index (κ2) is 5.36. The lowest BCUT2D eigenvalue weighted by atomic mass is 10.3. The minimum absolute atomic E-state index is 0.875. The maximum Gasteiger partial charge on any atom is 0.157 e. The molecule has 0 aliphatic rings. The lowest BCUT2D eigenvalue weighted by Gasteiger charge is -2.10. The van der Waals surface area contributed by atoms with Gasteiger partial charge in [0.2, 0.25) is 0 Å². The standard InChI is InChI=1S/C15H19N5/c1-3-12-11-15(20-14(18-12)7-9-17-20)16-8-6-13-5-4-10-19(13)2/h4-5,7,9-11,16H,3,6,8H2,1-2H3. The van der Waals surface area contributed by atoms with Crippen LogP contribution < -0.4 is 5.32 Å². The van der Waals surface area contributed by atoms with Crippen molar-refractivity contribution >= 4 is 11.5 Å². The van der Waals surface area contributed by atoms with Gasteiger partial charge in [0.25, 0.3) is 0 Å². The Bertz CT molecular complexity index is 710. The highest BCUT2D eigenvalue weighted by atomic mass is 15.3. The van der Waals surface area contributed by atoms with Crippen LogP contribution in [0, 0.1) is 0 Å². The van der Waals surface area contributed by atoms with E-state index in [0.29, 0.717) is 0 Å². The van der Waals surface area contributed by atoms with Gasteiger partial charge in [-0.25, -0.2) is 4.98 Å². The third-order valence-corrected chi connectivity index (χ3v) is 3.51. The third-order valence-electron chi connectivity index (χ3n) is 3.51. The highest BCUT2D eigenvalue weighted by molar-refractivity contribution is 5.49. The van der Waals surface area contributed by atoms with Gasteiger partial charge in [-0.3, -0.25) is 0 Å². The summed E-state index contributed by atoms with van der Waals surface area (Å²) in [5.74, 6) is 1.01. The highest BCUT2D eigenvalue weighted by Crippen LogP contribution is 2.13. The molecule has 20 heavy (non-hydrogen) atoms. The Morgan fingerprint density at radius 1 is 1.30 bits per heavy atom. The molecular formula is C15H19N5. The number of aryl methyl sites for hydroxylation is 2. The lowest BCUT2D eigenvalue weighted by Crippen LogP contribution is -2.11. The van der Waals surface area contributed by atoms with E-state index in [-0.39, 0.29) is 0 Å². The van der Waals surface area contributed by atoms with Crippen LogP contribution in [-0.4, -0.2) is 25.7 Å². The molecule has 0 unspecified atom stereocenters. The molecule has 0 amide bonds. The predicted molar refractivity (Wildman–Crippen MR) is 80.0 cm³/mol. The summed E-state index contributed by atoms with van der Waals surface area (Å²) >= 11 is 0. The van der Waals surface area contributed by atoms with Crippen LogP contribution >= 0.6 is 0 Å². The van der Waals surface area contributed by atoms with Crippen molar-refractivity contribution in [3.63, 3.8) is 0 Å². The number of hydrogen-bond acceptors (Lipinski definition) is 3. The van der Waals surface area contributed by atoms with E-state index in [4.69, 9.17) is 0 Å². The predicted octanol–water partition coefficient (Wildman–Crippen LogP) is 2.28. The molecule has 1 N–H and O–H groups in total. The molecule has 5 heteroatoms. The zero-order valence-electron chi connectivity index (χ0n) is 11.9. The molecule has 0 aliphatic heterocycles. The van der Waals surface area contributed by atoms with E-state index in [1.54, 1.807) is 6.20 Å². The van der Waals surface area contributed by atoms with E-state index in [1.807, 2.05) is 10.6 Å². The largest absolute Gasteiger partial charge is 0.370 e. The van der Waals surface area contributed by atoms with Gasteiger partial charge in [0.05, 0.1) is 6.20 Å². The molecule has 3 heterocycles. The fourth-order valence-corrected chi connectivity index (χ4v) is 2.35. The monoisotopic (exact) mass is 269 g/mol. The quantitative estimate of drug-likeness (QED) is 0.773. The van der Waals surface area contributed by atoms with Crippen molar-refractivity contribution in [1.82, 2.24) is 19.2 Å². The molecule has 0 saturated carbocycles. The van der Waals surface area contributed by atoms with E-state index >= 15 is 0 Å². The smallest absolute Gasteiger partial charge is 0.157 e. The molecule has 5 nitrogen and oxygen atoms in total. The Balaban J connectivity index is 1.76. The molecule has 0 aromatic carbocycles. The molecule has 0 bridgehead atoms. The van der Waals surface area contributed by atoms with Crippen LogP contribution in [0.15, 0.2) is 36.7 Å². The number of anilines is 1. The number of nitrogens with zero attached hydrogens (tertiary/aromatic N) is 4. The molecule has 0 radical (unpaired) electrons. The van der Waals surface area contributed by atoms with Crippen molar-refractivity contribution in [2.45, 2.75) is 19.8 Å². The Labute approximate surface area is 118 Å². The minimum atomic E-state index is 0.875. The fourth-order valence-electron chi connectivity index (χ4n) is 2.35. The fraction of sp³-hybridized carbons (Fsp3) is 0.333. The van der Waals surface area contributed by atoms with Crippen molar-refractivity contribution in [1.29, 1.82) is 0 Å². The Morgan fingerprint density at radius 3 is 2.95 bits per heavy atom. The second-order valence-electron chi connectivity index (χ2n) is 4.87. The summed E-state index contributed by atoms with van der Waals surface area (Å²) in [4.78, 5) is 4.54. The molecule has 0 spiro atoms. The Morgan fingerprint density at radius 2 is 2.20 bits per heavy atom. The van der Waals surface area contributed by atoms with Gasteiger partial charge in [-0.2, -0.15) is 9.61 Å². The van der Waals surface area contributed by atoms with Gasteiger partial charge in [0.15, 0.2) is 5.65 Å². The van der Waals surface area contributed by atoms with Gasteiger partial charge >= 0.3 is 0 Å². The molecule has 104 valence electrons. The summed E-state index contributed by atoms with van der Waals surface area (Å²) in [6.45, 7) is 2.99. The number of rotatable bonds is 5. The second-order valence-corrected chi connectivity index (χ2v) is 4.87. The highest BCUT2D eigenvalue weighted by Gasteiger charge is 2.05. The van der Waals surface area contributed by atoms with Crippen LogP contribution in [0.25, 0.3) is 5.65 Å². The van der Waals surface area contributed by atoms with Gasteiger partial charge in [-0.15, -0.1) is 0 Å². The Hall–Kier alpha value is -2.30. The van der Waals surface area contributed by atoms with Crippen molar-refractivity contribution in [2.75, 3.05) is 11.9 Å². The average Bonchev–Trinajstić information content (AvgIpc) is 3.07. The van der Waals surface area contributed by atoms with Gasteiger partial charge in [0, 0.05) is 49.7 Å². The number of fused-ring (bicyclic) bond motifs is 1. The van der Waals surface area contributed by atoms with Crippen molar-refractivity contribution in [3.05, 3.63) is 48.0 Å². The van der Waals surface area contributed by atoms with Crippen molar-refractivity contribution < 1.29 is 0 Å².